The molecule has 4 rings (SSSR count). The molecule has 7 nitrogen and oxygen atoms in total. The SMILES string of the molecule is CC1CCCC(C)N1S(=O)(=O)c1ccc(NC(=O)N(C)Cc2ccc(Br)cc2Oc2ccc(F)c(Cl)c2)cc1. The lowest BCUT2D eigenvalue weighted by Crippen LogP contribution is -2.47. The van der Waals surface area contributed by atoms with Crippen LogP contribution in [0, 0.1) is 5.82 Å². The highest BCUT2D eigenvalue weighted by Gasteiger charge is 2.35. The summed E-state index contributed by atoms with van der Waals surface area (Å²) in [5, 5.41) is 2.75. The Morgan fingerprint density at radius 1 is 1.10 bits per heavy atom. The molecule has 2 amide bonds. The lowest BCUT2D eigenvalue weighted by molar-refractivity contribution is 0.204. The van der Waals surface area contributed by atoms with E-state index in [0.29, 0.717) is 22.7 Å². The van der Waals surface area contributed by atoms with E-state index >= 15 is 0 Å². The van der Waals surface area contributed by atoms with E-state index in [1.807, 2.05) is 26.0 Å². The minimum absolute atomic E-state index is 0.0562. The van der Waals surface area contributed by atoms with E-state index in [9.17, 15) is 17.6 Å². The molecule has 2 unspecified atom stereocenters. The average Bonchev–Trinajstić information content (AvgIpc) is 2.88. The average molecular weight is 639 g/mol. The molecule has 0 saturated carbocycles. The van der Waals surface area contributed by atoms with Crippen LogP contribution >= 0.6 is 27.5 Å². The molecule has 11 heteroatoms. The van der Waals surface area contributed by atoms with Crippen LogP contribution in [0.3, 0.4) is 0 Å². The largest absolute Gasteiger partial charge is 0.457 e. The van der Waals surface area contributed by atoms with Gasteiger partial charge in [-0.15, -0.1) is 0 Å². The summed E-state index contributed by atoms with van der Waals surface area (Å²) in [5.74, 6) is 0.287. The van der Waals surface area contributed by atoms with Gasteiger partial charge in [0.05, 0.1) is 16.5 Å². The standard InChI is InChI=1S/C28H30BrClFN3O4S/c1-18-5-4-6-19(2)34(18)39(36,37)24-12-9-22(10-13-24)32-28(35)33(3)17-20-7-8-21(29)15-27(20)38-23-11-14-26(31)25(30)16-23/h7-16,18-19H,4-6,17H2,1-3H3,(H,32,35). The number of nitrogens with zero attached hydrogens (tertiary/aromatic N) is 2. The summed E-state index contributed by atoms with van der Waals surface area (Å²) < 4.78 is 48.4. The first-order valence-electron chi connectivity index (χ1n) is 12.5. The lowest BCUT2D eigenvalue weighted by atomic mass is 10.0. The van der Waals surface area contributed by atoms with Crippen LogP contribution in [0.2, 0.25) is 5.02 Å². The van der Waals surface area contributed by atoms with Crippen LogP contribution in [0.15, 0.2) is 70.0 Å². The zero-order valence-electron chi connectivity index (χ0n) is 21.8. The molecule has 1 fully saturated rings. The third-order valence-corrected chi connectivity index (χ3v) is 9.62. The fraction of sp³-hybridized carbons (Fsp3) is 0.321. The van der Waals surface area contributed by atoms with Crippen molar-refractivity contribution in [2.45, 2.75) is 56.6 Å². The van der Waals surface area contributed by atoms with Gasteiger partial charge < -0.3 is 15.0 Å². The molecule has 39 heavy (non-hydrogen) atoms. The zero-order chi connectivity index (χ0) is 28.3. The number of urea groups is 1. The highest BCUT2D eigenvalue weighted by molar-refractivity contribution is 9.10. The monoisotopic (exact) mass is 637 g/mol. The molecule has 1 aliphatic rings. The Labute approximate surface area is 242 Å². The topological polar surface area (TPSA) is 79.0 Å². The number of nitrogens with one attached hydrogen (secondary N) is 1. The minimum Gasteiger partial charge on any atom is -0.457 e. The highest BCUT2D eigenvalue weighted by atomic mass is 79.9. The van der Waals surface area contributed by atoms with Gasteiger partial charge in [0.1, 0.15) is 17.3 Å². The summed E-state index contributed by atoms with van der Waals surface area (Å²) in [6.07, 6.45) is 2.70. The first-order valence-corrected chi connectivity index (χ1v) is 15.1. The number of hydrogen-bond donors (Lipinski definition) is 1. The summed E-state index contributed by atoms with van der Waals surface area (Å²) in [6, 6.07) is 15.2. The molecular weight excluding hydrogens is 609 g/mol. The highest BCUT2D eigenvalue weighted by Crippen LogP contribution is 2.32. The normalized spacial score (nSPS) is 18.0. The van der Waals surface area contributed by atoms with Crippen molar-refractivity contribution in [1.29, 1.82) is 0 Å². The second kappa shape index (κ2) is 12.2. The van der Waals surface area contributed by atoms with Crippen LogP contribution in [0.5, 0.6) is 11.5 Å². The molecule has 1 N–H and O–H groups in total. The molecule has 1 heterocycles. The van der Waals surface area contributed by atoms with E-state index in [2.05, 4.69) is 21.2 Å². The number of sulfonamides is 1. The summed E-state index contributed by atoms with van der Waals surface area (Å²) in [7, 11) is -2.01. The van der Waals surface area contributed by atoms with Gasteiger partial charge >= 0.3 is 6.03 Å². The molecule has 0 spiro atoms. The number of carbonyl (C=O) groups is 1. The summed E-state index contributed by atoms with van der Waals surface area (Å²) >= 11 is 9.30. The Balaban J connectivity index is 1.44. The number of benzene rings is 3. The Morgan fingerprint density at radius 3 is 2.41 bits per heavy atom. The summed E-state index contributed by atoms with van der Waals surface area (Å²) in [6.45, 7) is 4.09. The van der Waals surface area contributed by atoms with Crippen LogP contribution in [0.25, 0.3) is 0 Å². The van der Waals surface area contributed by atoms with E-state index in [4.69, 9.17) is 16.3 Å². The maximum absolute atomic E-state index is 13.5. The Morgan fingerprint density at radius 2 is 1.77 bits per heavy atom. The molecule has 208 valence electrons. The lowest BCUT2D eigenvalue weighted by Gasteiger charge is -2.37. The number of anilines is 1. The van der Waals surface area contributed by atoms with Crippen molar-refractivity contribution in [3.8, 4) is 11.5 Å². The fourth-order valence-corrected chi connectivity index (χ4v) is 7.06. The van der Waals surface area contributed by atoms with E-state index < -0.39 is 15.8 Å². The van der Waals surface area contributed by atoms with Crippen LogP contribution in [-0.2, 0) is 16.6 Å². The Bertz CT molecular complexity index is 1450. The van der Waals surface area contributed by atoms with Gasteiger partial charge in [0, 0.05) is 40.9 Å². The van der Waals surface area contributed by atoms with Crippen LogP contribution in [-0.4, -0.2) is 42.8 Å². The van der Waals surface area contributed by atoms with Gasteiger partial charge in [-0.2, -0.15) is 4.31 Å². The van der Waals surface area contributed by atoms with Gasteiger partial charge in [0.2, 0.25) is 10.0 Å². The van der Waals surface area contributed by atoms with Crippen LogP contribution in [0.1, 0.15) is 38.7 Å². The molecule has 1 saturated heterocycles. The number of piperidine rings is 1. The van der Waals surface area contributed by atoms with Crippen molar-refractivity contribution in [2.24, 2.45) is 0 Å². The summed E-state index contributed by atoms with van der Waals surface area (Å²) in [4.78, 5) is 14.6. The molecule has 0 aromatic heterocycles. The van der Waals surface area contributed by atoms with E-state index in [1.165, 1.54) is 35.2 Å². The smallest absolute Gasteiger partial charge is 0.321 e. The third-order valence-electron chi connectivity index (χ3n) is 6.70. The number of rotatable bonds is 7. The van der Waals surface area contributed by atoms with E-state index in [1.54, 1.807) is 29.6 Å². The van der Waals surface area contributed by atoms with Gasteiger partial charge in [0.15, 0.2) is 0 Å². The number of halogens is 3. The van der Waals surface area contributed by atoms with E-state index in [-0.39, 0.29) is 34.6 Å². The second-order valence-corrected chi connectivity index (χ2v) is 12.9. The molecule has 0 aliphatic carbocycles. The number of hydrogen-bond acceptors (Lipinski definition) is 4. The summed E-state index contributed by atoms with van der Waals surface area (Å²) in [5.41, 5.74) is 1.18. The van der Waals surface area contributed by atoms with Gasteiger partial charge in [-0.1, -0.05) is 40.0 Å². The minimum atomic E-state index is -3.64. The van der Waals surface area contributed by atoms with Crippen molar-refractivity contribution < 1.29 is 22.3 Å². The van der Waals surface area contributed by atoms with Crippen molar-refractivity contribution >= 4 is 49.3 Å². The van der Waals surface area contributed by atoms with Gasteiger partial charge in [-0.3, -0.25) is 0 Å². The Kier molecular flexibility index (Phi) is 9.21. The van der Waals surface area contributed by atoms with Crippen molar-refractivity contribution in [2.75, 3.05) is 12.4 Å². The van der Waals surface area contributed by atoms with Crippen LogP contribution in [0.4, 0.5) is 14.9 Å². The number of carbonyl (C=O) groups excluding carboxylic acids is 1. The molecule has 1 aliphatic heterocycles. The van der Waals surface area contributed by atoms with Crippen LogP contribution < -0.4 is 10.1 Å². The molecule has 3 aromatic carbocycles. The van der Waals surface area contributed by atoms with Crippen molar-refractivity contribution in [1.82, 2.24) is 9.21 Å². The second-order valence-electron chi connectivity index (χ2n) is 9.70. The van der Waals surface area contributed by atoms with Gasteiger partial charge in [-0.05, 0) is 75.2 Å². The van der Waals surface area contributed by atoms with Crippen molar-refractivity contribution in [3.05, 3.63) is 81.5 Å². The fourth-order valence-electron chi connectivity index (χ4n) is 4.67. The molecule has 2 atom stereocenters. The number of ether oxygens (including phenoxy) is 1. The molecule has 3 aromatic rings. The van der Waals surface area contributed by atoms with Crippen molar-refractivity contribution in [3.63, 3.8) is 0 Å². The van der Waals surface area contributed by atoms with Gasteiger partial charge in [-0.25, -0.2) is 17.6 Å². The third kappa shape index (κ3) is 6.92. The maximum atomic E-state index is 13.5. The maximum Gasteiger partial charge on any atom is 0.321 e. The predicted molar refractivity (Wildman–Crippen MR) is 154 cm³/mol. The Hall–Kier alpha value is -2.66. The molecular formula is C28H30BrClFN3O4S. The van der Waals surface area contributed by atoms with Gasteiger partial charge in [0.25, 0.3) is 0 Å². The predicted octanol–water partition coefficient (Wildman–Crippen LogP) is 7.65. The molecule has 0 bridgehead atoms. The zero-order valence-corrected chi connectivity index (χ0v) is 25.0. The first-order chi connectivity index (χ1) is 18.5. The quantitative estimate of drug-likeness (QED) is 0.288. The number of amides is 2. The first kappa shape index (κ1) is 29.3. The molecule has 0 radical (unpaired) electrons. The van der Waals surface area contributed by atoms with E-state index in [0.717, 1.165) is 23.7 Å².